The van der Waals surface area contributed by atoms with Gasteiger partial charge in [0.25, 0.3) is 0 Å². The molecule has 2 heterocycles. The van der Waals surface area contributed by atoms with Crippen molar-refractivity contribution >= 4 is 12.0 Å². The minimum atomic E-state index is -5.01. The Morgan fingerprint density at radius 3 is 2.09 bits per heavy atom. The molecular weight excluding hydrogens is 656 g/mol. The fourth-order valence-electron chi connectivity index (χ4n) is 3.17. The van der Waals surface area contributed by atoms with E-state index in [9.17, 15) is 13.2 Å². The van der Waals surface area contributed by atoms with Crippen molar-refractivity contribution in [3.05, 3.63) is 102 Å². The number of nitrogens with zero attached hydrogens (tertiary/aromatic N) is 2. The topological polar surface area (TPSA) is 44.2 Å². The maximum absolute atomic E-state index is 12.2. The van der Waals surface area contributed by atoms with Gasteiger partial charge in [0.15, 0.2) is 0 Å². The molecule has 4 nitrogen and oxygen atoms in total. The molecule has 0 N–H and O–H groups in total. The van der Waals surface area contributed by atoms with E-state index in [1.165, 1.54) is 6.07 Å². The molecule has 0 aliphatic rings. The normalized spacial score (nSPS) is 12.5. The third kappa shape index (κ3) is 7.01. The maximum atomic E-state index is 12.2. The molecule has 0 fully saturated rings. The summed E-state index contributed by atoms with van der Waals surface area (Å²) < 4.78 is 57.2. The van der Waals surface area contributed by atoms with Gasteiger partial charge in [0.2, 0.25) is 0 Å². The SMILES string of the molecule is [2H]c1c[c-]c(-c2cccc(C(C)(C)c3cccc(-c4[c-]cccc4)n3)n2)c([2H])c1SOOC(F)(F)F.[Pt+2]. The Hall–Kier alpha value is -2.51. The van der Waals surface area contributed by atoms with Crippen molar-refractivity contribution in [2.24, 2.45) is 0 Å². The number of halogens is 3. The summed E-state index contributed by atoms with van der Waals surface area (Å²) in [7, 11) is 0. The summed E-state index contributed by atoms with van der Waals surface area (Å²) in [6.07, 6.45) is -5.01. The van der Waals surface area contributed by atoms with E-state index in [0.717, 1.165) is 17.0 Å². The minimum absolute atomic E-state index is 0. The predicted octanol–water partition coefficient (Wildman–Crippen LogP) is 7.21. The molecular formula is C26H19F3N2O2PtS. The van der Waals surface area contributed by atoms with Gasteiger partial charge in [0, 0.05) is 28.8 Å². The van der Waals surface area contributed by atoms with Crippen LogP contribution in [0.4, 0.5) is 13.2 Å². The van der Waals surface area contributed by atoms with Gasteiger partial charge in [-0.15, -0.1) is 83.7 Å². The number of hydrogen-bond acceptors (Lipinski definition) is 5. The van der Waals surface area contributed by atoms with Crippen LogP contribution >= 0.6 is 12.0 Å². The van der Waals surface area contributed by atoms with E-state index in [2.05, 4.69) is 21.4 Å². The molecule has 0 radical (unpaired) electrons. The Balaban J connectivity index is 0.00000380. The molecule has 0 atom stereocenters. The molecule has 0 amide bonds. The molecule has 0 aliphatic carbocycles. The molecule has 0 saturated carbocycles. The van der Waals surface area contributed by atoms with Gasteiger partial charge in [-0.05, 0) is 45.0 Å². The van der Waals surface area contributed by atoms with Gasteiger partial charge >= 0.3 is 27.4 Å². The molecule has 4 rings (SSSR count). The second kappa shape index (κ2) is 11.5. The molecule has 0 aliphatic heterocycles. The number of aromatic nitrogens is 2. The first-order valence-electron chi connectivity index (χ1n) is 11.1. The van der Waals surface area contributed by atoms with E-state index in [0.29, 0.717) is 11.4 Å². The minimum Gasteiger partial charge on any atom is -0.300 e. The summed E-state index contributed by atoms with van der Waals surface area (Å²) in [5, 5.41) is 0. The average Bonchev–Trinajstić information content (AvgIpc) is 2.86. The summed E-state index contributed by atoms with van der Waals surface area (Å²) in [4.78, 5) is 12.7. The average molecular weight is 678 g/mol. The van der Waals surface area contributed by atoms with Gasteiger partial charge in [0.05, 0.1) is 0 Å². The summed E-state index contributed by atoms with van der Waals surface area (Å²) in [6.45, 7) is 3.95. The molecule has 9 heteroatoms. The van der Waals surface area contributed by atoms with E-state index >= 15 is 0 Å². The van der Waals surface area contributed by atoms with Crippen LogP contribution in [-0.4, -0.2) is 16.3 Å². The first-order chi connectivity index (χ1) is 17.1. The van der Waals surface area contributed by atoms with Crippen molar-refractivity contribution in [2.75, 3.05) is 0 Å². The number of rotatable bonds is 7. The zero-order valence-electron chi connectivity index (χ0n) is 20.4. The Bertz CT molecular complexity index is 1380. The third-order valence-electron chi connectivity index (χ3n) is 4.92. The van der Waals surface area contributed by atoms with Crippen LogP contribution in [0.3, 0.4) is 0 Å². The largest absolute Gasteiger partial charge is 2.00 e. The zero-order valence-corrected chi connectivity index (χ0v) is 21.5. The summed E-state index contributed by atoms with van der Waals surface area (Å²) in [5.74, 6) is 0. The van der Waals surface area contributed by atoms with Crippen LogP contribution in [-0.2, 0) is 35.7 Å². The summed E-state index contributed by atoms with van der Waals surface area (Å²) >= 11 is 0.138. The van der Waals surface area contributed by atoms with Crippen LogP contribution in [0.5, 0.6) is 0 Å². The predicted molar refractivity (Wildman–Crippen MR) is 123 cm³/mol. The van der Waals surface area contributed by atoms with Crippen molar-refractivity contribution in [1.82, 2.24) is 9.97 Å². The van der Waals surface area contributed by atoms with Gasteiger partial charge in [-0.25, -0.2) is 0 Å². The van der Waals surface area contributed by atoms with Crippen LogP contribution in [0.25, 0.3) is 22.5 Å². The monoisotopic (exact) mass is 677 g/mol. The molecule has 0 unspecified atom stereocenters. The quantitative estimate of drug-likeness (QED) is 0.0896. The zero-order chi connectivity index (χ0) is 25.9. The van der Waals surface area contributed by atoms with Gasteiger partial charge in [0.1, 0.15) is 0 Å². The van der Waals surface area contributed by atoms with Gasteiger partial charge in [-0.2, -0.15) is 4.33 Å². The standard InChI is InChI=1S/C26H19F3N2O2S.Pt/c1-25(2,23-15-7-13-21(30-23)18-9-4-3-5-10-18)24-16-8-14-22(31-24)19-11-6-12-20(17-19)34-33-32-26(27,28)29;/h3-9,12-17H,1-2H3;/q-2;+2/i12D,17D;. The Morgan fingerprint density at radius 2 is 1.49 bits per heavy atom. The Labute approximate surface area is 223 Å². The van der Waals surface area contributed by atoms with E-state index in [1.807, 2.05) is 62.4 Å². The third-order valence-corrected chi connectivity index (χ3v) is 5.45. The summed E-state index contributed by atoms with van der Waals surface area (Å²) in [5.41, 5.74) is 3.02. The molecule has 2 aromatic heterocycles. The molecule has 0 bridgehead atoms. The van der Waals surface area contributed by atoms with Crippen LogP contribution in [0.1, 0.15) is 28.0 Å². The van der Waals surface area contributed by atoms with Gasteiger partial charge < -0.3 is 9.97 Å². The van der Waals surface area contributed by atoms with E-state index in [-0.39, 0.29) is 55.7 Å². The van der Waals surface area contributed by atoms with Gasteiger partial charge in [-0.1, -0.05) is 24.3 Å². The fourth-order valence-corrected chi connectivity index (χ4v) is 3.60. The van der Waals surface area contributed by atoms with Crippen molar-refractivity contribution in [1.29, 1.82) is 0 Å². The molecule has 182 valence electrons. The first kappa shape index (κ1) is 24.2. The van der Waals surface area contributed by atoms with Crippen LogP contribution in [0.15, 0.2) is 83.7 Å². The van der Waals surface area contributed by atoms with Crippen LogP contribution < -0.4 is 0 Å². The Morgan fingerprint density at radius 1 is 0.857 bits per heavy atom. The van der Waals surface area contributed by atoms with Crippen molar-refractivity contribution in [3.8, 4) is 22.5 Å². The van der Waals surface area contributed by atoms with Crippen molar-refractivity contribution < 1.29 is 46.2 Å². The van der Waals surface area contributed by atoms with Crippen LogP contribution in [0, 0.1) is 12.1 Å². The number of hydrogen-bond donors (Lipinski definition) is 0. The first-order valence-corrected chi connectivity index (χ1v) is 10.8. The van der Waals surface area contributed by atoms with Crippen molar-refractivity contribution in [2.45, 2.75) is 30.5 Å². The van der Waals surface area contributed by atoms with Crippen molar-refractivity contribution in [3.63, 3.8) is 0 Å². The number of alkyl halides is 3. The molecule has 2 aromatic carbocycles. The molecule has 0 saturated heterocycles. The molecule has 0 spiro atoms. The van der Waals surface area contributed by atoms with Crippen LogP contribution in [0.2, 0.25) is 0 Å². The number of benzene rings is 2. The molecule has 4 aromatic rings. The van der Waals surface area contributed by atoms with E-state index in [1.54, 1.807) is 12.1 Å². The summed E-state index contributed by atoms with van der Waals surface area (Å²) in [6, 6.07) is 25.3. The van der Waals surface area contributed by atoms with E-state index in [4.69, 9.17) is 12.7 Å². The maximum Gasteiger partial charge on any atom is 2.00 e. The second-order valence-corrected chi connectivity index (χ2v) is 8.37. The smallest absolute Gasteiger partial charge is 0.300 e. The van der Waals surface area contributed by atoms with Gasteiger partial charge in [-0.3, -0.25) is 0 Å². The Kier molecular flexibility index (Phi) is 7.94. The number of pyridine rings is 2. The molecule has 35 heavy (non-hydrogen) atoms. The second-order valence-electron chi connectivity index (χ2n) is 7.66. The fraction of sp³-hybridized carbons (Fsp3) is 0.154. The van der Waals surface area contributed by atoms with E-state index < -0.39 is 11.8 Å².